The van der Waals surface area contributed by atoms with Crippen LogP contribution in [0.2, 0.25) is 0 Å². The van der Waals surface area contributed by atoms with E-state index in [1.54, 1.807) is 0 Å². The molecule has 1 aliphatic rings. The largest absolute Gasteiger partial charge is 0.378 e. The molecule has 0 spiro atoms. The predicted octanol–water partition coefficient (Wildman–Crippen LogP) is 1.45. The topological polar surface area (TPSA) is 50.4 Å². The van der Waals surface area contributed by atoms with Gasteiger partial charge < -0.3 is 15.4 Å². The molecule has 0 aromatic rings. The van der Waals surface area contributed by atoms with Gasteiger partial charge in [0.2, 0.25) is 5.91 Å². The first-order valence-electron chi connectivity index (χ1n) is 6.88. The Morgan fingerprint density at radius 3 is 2.88 bits per heavy atom. The van der Waals surface area contributed by atoms with Crippen LogP contribution in [0.4, 0.5) is 0 Å². The first-order chi connectivity index (χ1) is 8.26. The minimum Gasteiger partial charge on any atom is -0.378 e. The van der Waals surface area contributed by atoms with Crippen LogP contribution >= 0.6 is 0 Å². The maximum atomic E-state index is 11.4. The van der Waals surface area contributed by atoms with Gasteiger partial charge in [-0.15, -0.1) is 0 Å². The highest BCUT2D eigenvalue weighted by atomic mass is 16.5. The molecule has 0 aromatic carbocycles. The zero-order valence-electron chi connectivity index (χ0n) is 11.1. The highest BCUT2D eigenvalue weighted by molar-refractivity contribution is 5.75. The SMILES string of the molecule is CCCNC(=O)CCNC1CCOC(CC)C1. The van der Waals surface area contributed by atoms with Crippen molar-refractivity contribution in [2.45, 2.75) is 58.1 Å². The summed E-state index contributed by atoms with van der Waals surface area (Å²) < 4.78 is 5.62. The van der Waals surface area contributed by atoms with Crippen molar-refractivity contribution in [2.75, 3.05) is 19.7 Å². The van der Waals surface area contributed by atoms with Crippen LogP contribution in [0.15, 0.2) is 0 Å². The summed E-state index contributed by atoms with van der Waals surface area (Å²) in [5.41, 5.74) is 0. The van der Waals surface area contributed by atoms with Crippen LogP contribution in [0.1, 0.15) is 46.0 Å². The van der Waals surface area contributed by atoms with Crippen LogP contribution < -0.4 is 10.6 Å². The lowest BCUT2D eigenvalue weighted by atomic mass is 10.0. The standard InChI is InChI=1S/C13H26N2O2/c1-3-7-15-13(16)5-8-14-11-6-9-17-12(4-2)10-11/h11-12,14H,3-10H2,1-2H3,(H,15,16). The average Bonchev–Trinajstić information content (AvgIpc) is 2.36. The Bertz CT molecular complexity index is 221. The second-order valence-corrected chi connectivity index (χ2v) is 4.68. The van der Waals surface area contributed by atoms with Crippen molar-refractivity contribution in [1.82, 2.24) is 10.6 Å². The van der Waals surface area contributed by atoms with Gasteiger partial charge in [0.15, 0.2) is 0 Å². The monoisotopic (exact) mass is 242 g/mol. The molecule has 1 saturated heterocycles. The van der Waals surface area contributed by atoms with Crippen molar-refractivity contribution < 1.29 is 9.53 Å². The van der Waals surface area contributed by atoms with Crippen LogP contribution in [0.25, 0.3) is 0 Å². The molecule has 2 atom stereocenters. The quantitative estimate of drug-likeness (QED) is 0.710. The lowest BCUT2D eigenvalue weighted by molar-refractivity contribution is -0.121. The van der Waals surface area contributed by atoms with Gasteiger partial charge in [-0.25, -0.2) is 0 Å². The van der Waals surface area contributed by atoms with Gasteiger partial charge in [0.25, 0.3) is 0 Å². The van der Waals surface area contributed by atoms with Gasteiger partial charge in [-0.2, -0.15) is 0 Å². The fourth-order valence-electron chi connectivity index (χ4n) is 2.09. The molecule has 0 radical (unpaired) electrons. The predicted molar refractivity (Wildman–Crippen MR) is 69.0 cm³/mol. The Morgan fingerprint density at radius 1 is 1.35 bits per heavy atom. The van der Waals surface area contributed by atoms with E-state index in [-0.39, 0.29) is 5.91 Å². The van der Waals surface area contributed by atoms with E-state index >= 15 is 0 Å². The van der Waals surface area contributed by atoms with Crippen LogP contribution in [0.5, 0.6) is 0 Å². The lowest BCUT2D eigenvalue weighted by Gasteiger charge is -2.29. The lowest BCUT2D eigenvalue weighted by Crippen LogP contribution is -2.40. The van der Waals surface area contributed by atoms with Gasteiger partial charge in [0.05, 0.1) is 6.10 Å². The first-order valence-corrected chi connectivity index (χ1v) is 6.88. The van der Waals surface area contributed by atoms with Crippen LogP contribution in [0.3, 0.4) is 0 Å². The highest BCUT2D eigenvalue weighted by Gasteiger charge is 2.20. The van der Waals surface area contributed by atoms with E-state index in [4.69, 9.17) is 4.74 Å². The molecule has 1 heterocycles. The van der Waals surface area contributed by atoms with Gasteiger partial charge in [0.1, 0.15) is 0 Å². The summed E-state index contributed by atoms with van der Waals surface area (Å²) in [6.07, 6.45) is 5.19. The summed E-state index contributed by atoms with van der Waals surface area (Å²) in [6, 6.07) is 0.521. The molecule has 0 bridgehead atoms. The van der Waals surface area contributed by atoms with Gasteiger partial charge >= 0.3 is 0 Å². The Balaban J connectivity index is 2.07. The molecule has 4 nitrogen and oxygen atoms in total. The normalized spacial score (nSPS) is 24.6. The van der Waals surface area contributed by atoms with E-state index in [1.165, 1.54) is 0 Å². The van der Waals surface area contributed by atoms with E-state index in [2.05, 4.69) is 24.5 Å². The highest BCUT2D eigenvalue weighted by Crippen LogP contribution is 2.15. The molecule has 1 amide bonds. The molecule has 1 rings (SSSR count). The molecule has 17 heavy (non-hydrogen) atoms. The van der Waals surface area contributed by atoms with Crippen LogP contribution in [-0.4, -0.2) is 37.7 Å². The summed E-state index contributed by atoms with van der Waals surface area (Å²) in [7, 11) is 0. The summed E-state index contributed by atoms with van der Waals surface area (Å²) in [5, 5.41) is 6.34. The second kappa shape index (κ2) is 8.48. The fourth-order valence-corrected chi connectivity index (χ4v) is 2.09. The minimum absolute atomic E-state index is 0.151. The number of rotatable bonds is 7. The summed E-state index contributed by atoms with van der Waals surface area (Å²) >= 11 is 0. The molecule has 100 valence electrons. The number of amides is 1. The van der Waals surface area contributed by atoms with E-state index in [1.807, 2.05) is 0 Å². The number of ether oxygens (including phenoxy) is 1. The van der Waals surface area contributed by atoms with Crippen LogP contribution in [0, 0.1) is 0 Å². The van der Waals surface area contributed by atoms with Gasteiger partial charge in [-0.1, -0.05) is 13.8 Å². The van der Waals surface area contributed by atoms with Gasteiger partial charge in [0, 0.05) is 32.2 Å². The molecule has 1 aliphatic heterocycles. The third kappa shape index (κ3) is 6.03. The number of carbonyl (C=O) groups excluding carboxylic acids is 1. The maximum Gasteiger partial charge on any atom is 0.221 e. The Labute approximate surface area is 104 Å². The van der Waals surface area contributed by atoms with E-state index in [9.17, 15) is 4.79 Å². The molecular formula is C13H26N2O2. The summed E-state index contributed by atoms with van der Waals surface area (Å²) in [6.45, 7) is 6.62. The zero-order valence-corrected chi connectivity index (χ0v) is 11.1. The first kappa shape index (κ1) is 14.5. The minimum atomic E-state index is 0.151. The van der Waals surface area contributed by atoms with Crippen molar-refractivity contribution in [3.05, 3.63) is 0 Å². The van der Waals surface area contributed by atoms with E-state index in [0.717, 1.165) is 45.4 Å². The van der Waals surface area contributed by atoms with E-state index < -0.39 is 0 Å². The van der Waals surface area contributed by atoms with Crippen molar-refractivity contribution in [2.24, 2.45) is 0 Å². The third-order valence-corrected chi connectivity index (χ3v) is 3.18. The smallest absolute Gasteiger partial charge is 0.221 e. The van der Waals surface area contributed by atoms with E-state index in [0.29, 0.717) is 18.6 Å². The van der Waals surface area contributed by atoms with Crippen molar-refractivity contribution >= 4 is 5.91 Å². The fraction of sp³-hybridized carbons (Fsp3) is 0.923. The molecular weight excluding hydrogens is 216 g/mol. The third-order valence-electron chi connectivity index (χ3n) is 3.18. The molecule has 1 fully saturated rings. The summed E-state index contributed by atoms with van der Waals surface area (Å²) in [5.74, 6) is 0.151. The molecule has 0 saturated carbocycles. The second-order valence-electron chi connectivity index (χ2n) is 4.68. The van der Waals surface area contributed by atoms with Gasteiger partial charge in [-0.05, 0) is 25.7 Å². The molecule has 4 heteroatoms. The van der Waals surface area contributed by atoms with Crippen molar-refractivity contribution in [1.29, 1.82) is 0 Å². The zero-order chi connectivity index (χ0) is 12.5. The Morgan fingerprint density at radius 2 is 2.18 bits per heavy atom. The Kier molecular flexibility index (Phi) is 7.21. The van der Waals surface area contributed by atoms with Gasteiger partial charge in [-0.3, -0.25) is 4.79 Å². The Hall–Kier alpha value is -0.610. The van der Waals surface area contributed by atoms with Crippen LogP contribution in [-0.2, 0) is 9.53 Å². The van der Waals surface area contributed by atoms with Crippen molar-refractivity contribution in [3.63, 3.8) is 0 Å². The summed E-state index contributed by atoms with van der Waals surface area (Å²) in [4.78, 5) is 11.4. The average molecular weight is 242 g/mol. The number of carbonyl (C=O) groups is 1. The molecule has 2 unspecified atom stereocenters. The number of hydrogen-bond donors (Lipinski definition) is 2. The molecule has 0 aromatic heterocycles. The molecule has 2 N–H and O–H groups in total. The molecule has 0 aliphatic carbocycles. The maximum absolute atomic E-state index is 11.4. The van der Waals surface area contributed by atoms with Crippen molar-refractivity contribution in [3.8, 4) is 0 Å². The number of nitrogens with one attached hydrogen (secondary N) is 2. The number of hydrogen-bond acceptors (Lipinski definition) is 3.